The minimum absolute atomic E-state index is 0.00401. The summed E-state index contributed by atoms with van der Waals surface area (Å²) in [4.78, 5) is 27.3. The molecule has 0 N–H and O–H groups in total. The van der Waals surface area contributed by atoms with Crippen LogP contribution in [-0.4, -0.2) is 55.1 Å². The average Bonchev–Trinajstić information content (AvgIpc) is 3.15. The third-order valence-electron chi connectivity index (χ3n) is 4.28. The van der Waals surface area contributed by atoms with Gasteiger partial charge in [0.05, 0.1) is 11.8 Å². The largest absolute Gasteiger partial charge is 0.459 e. The first kappa shape index (κ1) is 18.6. The number of aromatic nitrogens is 2. The number of benzene rings is 1. The highest BCUT2D eigenvalue weighted by Gasteiger charge is 2.54. The van der Waals surface area contributed by atoms with Gasteiger partial charge >= 0.3 is 12.0 Å². The highest BCUT2D eigenvalue weighted by Crippen LogP contribution is 2.40. The van der Waals surface area contributed by atoms with E-state index in [4.69, 9.17) is 18.4 Å². The molecule has 148 valence electrons. The first-order valence-corrected chi connectivity index (χ1v) is 10.2. The smallest absolute Gasteiger partial charge is 0.338 e. The van der Waals surface area contributed by atoms with Gasteiger partial charge in [-0.05, 0) is 12.1 Å². The molecule has 0 bridgehead atoms. The second-order valence-corrected chi connectivity index (χ2v) is 7.93. The summed E-state index contributed by atoms with van der Waals surface area (Å²) in [6.45, 7) is -0.243. The zero-order valence-electron chi connectivity index (χ0n) is 14.6. The second kappa shape index (κ2) is 7.00. The summed E-state index contributed by atoms with van der Waals surface area (Å²) in [7, 11) is -3.86. The fraction of sp³-hybridized carbons (Fsp3) is 0.353. The molecule has 4 rings (SSSR count). The predicted molar refractivity (Wildman–Crippen MR) is 93.3 cm³/mol. The van der Waals surface area contributed by atoms with Crippen molar-refractivity contribution >= 4 is 16.1 Å². The van der Waals surface area contributed by atoms with Gasteiger partial charge in [0.2, 0.25) is 0 Å². The Morgan fingerprint density at radius 2 is 2.00 bits per heavy atom. The minimum Gasteiger partial charge on any atom is -0.459 e. The maximum absolute atomic E-state index is 12.2. The van der Waals surface area contributed by atoms with Crippen LogP contribution in [0.2, 0.25) is 0 Å². The summed E-state index contributed by atoms with van der Waals surface area (Å²) in [6.07, 6.45) is -1.29. The fourth-order valence-electron chi connectivity index (χ4n) is 3.12. The SMILES string of the molecule is CS(=O)(=O)O[C@H]1[C@H]2Oc3nc(=O)ccn3[C@@H]2O[C@@H]1COC(=O)c1ccccc1. The summed E-state index contributed by atoms with van der Waals surface area (Å²) in [5.41, 5.74) is -0.149. The molecule has 1 saturated heterocycles. The standard InChI is InChI=1S/C17H16N2O8S/c1-28(22,23)27-13-11(9-24-16(21)10-5-3-2-4-6-10)25-15-14(13)26-17-18-12(20)7-8-19(15)17/h2-8,11,13-15H,9H2,1H3/t11-,13-,14-,15-/m1/s1. The van der Waals surface area contributed by atoms with Gasteiger partial charge in [0.25, 0.3) is 15.7 Å². The van der Waals surface area contributed by atoms with Crippen LogP contribution in [0.3, 0.4) is 0 Å². The molecule has 0 saturated carbocycles. The number of hydrogen-bond donors (Lipinski definition) is 0. The van der Waals surface area contributed by atoms with Crippen molar-refractivity contribution in [2.45, 2.75) is 24.5 Å². The van der Waals surface area contributed by atoms with Crippen LogP contribution in [0.4, 0.5) is 0 Å². The van der Waals surface area contributed by atoms with Crippen LogP contribution in [0, 0.1) is 0 Å². The van der Waals surface area contributed by atoms with E-state index >= 15 is 0 Å². The van der Waals surface area contributed by atoms with E-state index in [-0.39, 0.29) is 12.6 Å². The van der Waals surface area contributed by atoms with Crippen LogP contribution in [0.5, 0.6) is 6.01 Å². The molecule has 10 nitrogen and oxygen atoms in total. The summed E-state index contributed by atoms with van der Waals surface area (Å²) in [6, 6.07) is 9.58. The molecule has 0 aliphatic carbocycles. The van der Waals surface area contributed by atoms with Crippen LogP contribution >= 0.6 is 0 Å². The van der Waals surface area contributed by atoms with Gasteiger partial charge < -0.3 is 14.2 Å². The van der Waals surface area contributed by atoms with Crippen LogP contribution in [0.25, 0.3) is 0 Å². The van der Waals surface area contributed by atoms with Crippen molar-refractivity contribution in [3.8, 4) is 6.01 Å². The molecule has 2 aliphatic heterocycles. The van der Waals surface area contributed by atoms with Gasteiger partial charge in [0.1, 0.15) is 18.8 Å². The molecule has 0 unspecified atom stereocenters. The Kier molecular flexibility index (Phi) is 4.65. The van der Waals surface area contributed by atoms with Crippen LogP contribution < -0.4 is 10.3 Å². The quantitative estimate of drug-likeness (QED) is 0.501. The lowest BCUT2D eigenvalue weighted by atomic mass is 10.1. The van der Waals surface area contributed by atoms with E-state index < -0.39 is 46.2 Å². The Morgan fingerprint density at radius 3 is 2.71 bits per heavy atom. The summed E-state index contributed by atoms with van der Waals surface area (Å²) in [5.74, 6) is -0.578. The molecule has 11 heteroatoms. The third-order valence-corrected chi connectivity index (χ3v) is 4.85. The van der Waals surface area contributed by atoms with E-state index in [0.717, 1.165) is 6.26 Å². The molecular weight excluding hydrogens is 392 g/mol. The Balaban J connectivity index is 1.54. The molecule has 2 aromatic rings. The van der Waals surface area contributed by atoms with Crippen molar-refractivity contribution < 1.29 is 31.6 Å². The minimum atomic E-state index is -3.86. The molecule has 1 aromatic heterocycles. The van der Waals surface area contributed by atoms with E-state index in [2.05, 4.69) is 4.98 Å². The number of nitrogens with zero attached hydrogens (tertiary/aromatic N) is 2. The monoisotopic (exact) mass is 408 g/mol. The molecule has 0 amide bonds. The number of rotatable bonds is 5. The topological polar surface area (TPSA) is 123 Å². The Bertz CT molecular complexity index is 1050. The first-order chi connectivity index (χ1) is 13.3. The number of hydrogen-bond acceptors (Lipinski definition) is 9. The van der Waals surface area contributed by atoms with Crippen LogP contribution in [0.1, 0.15) is 16.6 Å². The maximum Gasteiger partial charge on any atom is 0.338 e. The van der Waals surface area contributed by atoms with Crippen molar-refractivity contribution in [1.82, 2.24) is 9.55 Å². The summed E-state index contributed by atoms with van der Waals surface area (Å²) < 4.78 is 46.7. The van der Waals surface area contributed by atoms with Crippen molar-refractivity contribution in [3.05, 3.63) is 58.5 Å². The van der Waals surface area contributed by atoms with E-state index in [1.165, 1.54) is 16.8 Å². The average molecular weight is 408 g/mol. The highest BCUT2D eigenvalue weighted by molar-refractivity contribution is 7.86. The van der Waals surface area contributed by atoms with E-state index in [1.54, 1.807) is 30.3 Å². The fourth-order valence-corrected chi connectivity index (χ4v) is 3.76. The molecule has 2 aliphatic rings. The maximum atomic E-state index is 12.2. The lowest BCUT2D eigenvalue weighted by molar-refractivity contribution is -0.0466. The predicted octanol–water partition coefficient (Wildman–Crippen LogP) is 0.104. The number of ether oxygens (including phenoxy) is 3. The number of carbonyl (C=O) groups excluding carboxylic acids is 1. The van der Waals surface area contributed by atoms with Gasteiger partial charge in [-0.2, -0.15) is 13.4 Å². The molecule has 1 aromatic carbocycles. The molecule has 0 spiro atoms. The normalized spacial score (nSPS) is 25.6. The lowest BCUT2D eigenvalue weighted by Crippen LogP contribution is -2.40. The Labute approximate surface area is 159 Å². The van der Waals surface area contributed by atoms with Crippen LogP contribution in [-0.2, 0) is 23.8 Å². The van der Waals surface area contributed by atoms with Gasteiger partial charge in [-0.15, -0.1) is 0 Å². The van der Waals surface area contributed by atoms with Gasteiger partial charge in [-0.1, -0.05) is 18.2 Å². The number of fused-ring (bicyclic) bond motifs is 3. The van der Waals surface area contributed by atoms with Crippen molar-refractivity contribution in [1.29, 1.82) is 0 Å². The van der Waals surface area contributed by atoms with E-state index in [9.17, 15) is 18.0 Å². The molecule has 28 heavy (non-hydrogen) atoms. The number of carbonyl (C=O) groups is 1. The van der Waals surface area contributed by atoms with Gasteiger partial charge in [0.15, 0.2) is 12.3 Å². The highest BCUT2D eigenvalue weighted by atomic mass is 32.2. The second-order valence-electron chi connectivity index (χ2n) is 6.33. The van der Waals surface area contributed by atoms with E-state index in [0.29, 0.717) is 5.56 Å². The molecular formula is C17H16N2O8S. The molecule has 0 radical (unpaired) electrons. The van der Waals surface area contributed by atoms with Crippen molar-refractivity contribution in [2.24, 2.45) is 0 Å². The van der Waals surface area contributed by atoms with Crippen molar-refractivity contribution in [3.63, 3.8) is 0 Å². The molecule has 4 atom stereocenters. The molecule has 3 heterocycles. The zero-order chi connectivity index (χ0) is 19.9. The summed E-state index contributed by atoms with van der Waals surface area (Å²) >= 11 is 0. The first-order valence-electron chi connectivity index (χ1n) is 8.33. The Hall–Kier alpha value is -2.76. The zero-order valence-corrected chi connectivity index (χ0v) is 15.4. The number of esters is 1. The van der Waals surface area contributed by atoms with E-state index in [1.807, 2.05) is 0 Å². The lowest BCUT2D eigenvalue weighted by Gasteiger charge is -2.20. The molecule has 1 fully saturated rings. The third kappa shape index (κ3) is 3.63. The summed E-state index contributed by atoms with van der Waals surface area (Å²) in [5, 5.41) is 0. The van der Waals surface area contributed by atoms with Gasteiger partial charge in [-0.25, -0.2) is 4.79 Å². The van der Waals surface area contributed by atoms with Crippen molar-refractivity contribution in [2.75, 3.05) is 12.9 Å². The van der Waals surface area contributed by atoms with Gasteiger partial charge in [-0.3, -0.25) is 13.5 Å². The Morgan fingerprint density at radius 1 is 1.25 bits per heavy atom. The van der Waals surface area contributed by atoms with Gasteiger partial charge in [0, 0.05) is 12.3 Å². The van der Waals surface area contributed by atoms with Crippen LogP contribution in [0.15, 0.2) is 47.4 Å².